The van der Waals surface area contributed by atoms with Gasteiger partial charge in [0.05, 0.1) is 12.2 Å². The Labute approximate surface area is 133 Å². The van der Waals surface area contributed by atoms with E-state index in [-0.39, 0.29) is 5.56 Å². The molecule has 0 saturated heterocycles. The number of pyridine rings is 1. The van der Waals surface area contributed by atoms with Crippen molar-refractivity contribution in [1.29, 1.82) is 0 Å². The largest absolute Gasteiger partial charge is 0.332 e. The summed E-state index contributed by atoms with van der Waals surface area (Å²) >= 11 is 0. The lowest BCUT2D eigenvalue weighted by atomic mass is 10.2. The van der Waals surface area contributed by atoms with Gasteiger partial charge in [0.2, 0.25) is 5.91 Å². The lowest BCUT2D eigenvalue weighted by Gasteiger charge is -2.16. The van der Waals surface area contributed by atoms with Crippen LogP contribution in [0.1, 0.15) is 10.4 Å². The molecule has 0 radical (unpaired) electrons. The van der Waals surface area contributed by atoms with Crippen molar-refractivity contribution in [1.82, 2.24) is 9.88 Å². The van der Waals surface area contributed by atoms with Gasteiger partial charge in [-0.05, 0) is 24.3 Å². The zero-order valence-electron chi connectivity index (χ0n) is 12.4. The maximum Gasteiger partial charge on any atom is 0.260 e. The molecule has 1 aromatic heterocycles. The van der Waals surface area contributed by atoms with E-state index < -0.39 is 47.1 Å². The number of likely N-dealkylation sites (N-methyl/N-ethyl adjacent to an activating group) is 1. The van der Waals surface area contributed by atoms with Gasteiger partial charge in [-0.1, -0.05) is 0 Å². The molecule has 1 aromatic carbocycles. The highest BCUT2D eigenvalue weighted by molar-refractivity contribution is 5.99. The molecule has 0 saturated carbocycles. The molecule has 0 atom stereocenters. The molecule has 2 amide bonds. The Morgan fingerprint density at radius 3 is 2.54 bits per heavy atom. The Morgan fingerprint density at radius 1 is 1.17 bits per heavy atom. The number of carbonyl (C=O) groups excluding carboxylic acids is 2. The predicted molar refractivity (Wildman–Crippen MR) is 79.0 cm³/mol. The highest BCUT2D eigenvalue weighted by Crippen LogP contribution is 2.19. The summed E-state index contributed by atoms with van der Waals surface area (Å²) in [5.74, 6) is -6.22. The fraction of sp³-hybridized carbons (Fsp3) is 0.133. The molecule has 9 heteroatoms. The summed E-state index contributed by atoms with van der Waals surface area (Å²) in [5.41, 5.74) is -1.36. The minimum atomic E-state index is -1.71. The van der Waals surface area contributed by atoms with E-state index in [1.807, 2.05) is 5.32 Å². The number of nitrogens with one attached hydrogen (secondary N) is 2. The molecule has 0 bridgehead atoms. The molecule has 0 aliphatic heterocycles. The van der Waals surface area contributed by atoms with Crippen molar-refractivity contribution in [3.05, 3.63) is 63.8 Å². The first-order chi connectivity index (χ1) is 11.3. The van der Waals surface area contributed by atoms with Gasteiger partial charge >= 0.3 is 0 Å². The van der Waals surface area contributed by atoms with Crippen LogP contribution in [0.3, 0.4) is 0 Å². The summed E-state index contributed by atoms with van der Waals surface area (Å²) in [7, 11) is 1.26. The van der Waals surface area contributed by atoms with Crippen LogP contribution in [0.5, 0.6) is 0 Å². The number of aromatic amines is 1. The quantitative estimate of drug-likeness (QED) is 0.828. The van der Waals surface area contributed by atoms with Crippen LogP contribution in [-0.4, -0.2) is 35.3 Å². The number of aromatic nitrogens is 1. The van der Waals surface area contributed by atoms with E-state index >= 15 is 0 Å². The number of nitrogens with zero attached hydrogens (tertiary/aromatic N) is 1. The van der Waals surface area contributed by atoms with Gasteiger partial charge in [0.15, 0.2) is 17.5 Å². The molecule has 0 aliphatic carbocycles. The van der Waals surface area contributed by atoms with Crippen molar-refractivity contribution < 1.29 is 22.8 Å². The van der Waals surface area contributed by atoms with Crippen molar-refractivity contribution in [2.24, 2.45) is 0 Å². The van der Waals surface area contributed by atoms with Crippen LogP contribution in [0.2, 0.25) is 0 Å². The van der Waals surface area contributed by atoms with Crippen LogP contribution in [-0.2, 0) is 4.79 Å². The second kappa shape index (κ2) is 6.99. The average molecular weight is 339 g/mol. The first kappa shape index (κ1) is 17.3. The van der Waals surface area contributed by atoms with Crippen LogP contribution in [0.25, 0.3) is 0 Å². The summed E-state index contributed by atoms with van der Waals surface area (Å²) < 4.78 is 39.4. The van der Waals surface area contributed by atoms with Crippen molar-refractivity contribution in [2.75, 3.05) is 18.9 Å². The van der Waals surface area contributed by atoms with E-state index in [0.717, 1.165) is 11.0 Å². The van der Waals surface area contributed by atoms with E-state index in [1.54, 1.807) is 0 Å². The van der Waals surface area contributed by atoms with Gasteiger partial charge in [-0.2, -0.15) is 0 Å². The summed E-state index contributed by atoms with van der Waals surface area (Å²) in [5, 5.41) is 2.03. The van der Waals surface area contributed by atoms with Gasteiger partial charge in [0, 0.05) is 13.2 Å². The Bertz CT molecular complexity index is 851. The van der Waals surface area contributed by atoms with Crippen molar-refractivity contribution in [3.8, 4) is 0 Å². The van der Waals surface area contributed by atoms with Crippen LogP contribution < -0.4 is 10.9 Å². The molecule has 0 spiro atoms. The number of H-pyrrole nitrogens is 1. The number of hydrogen-bond donors (Lipinski definition) is 2. The number of amides is 2. The summed E-state index contributed by atoms with van der Waals surface area (Å²) in [6.07, 6.45) is 1.34. The summed E-state index contributed by atoms with van der Waals surface area (Å²) in [4.78, 5) is 38.7. The summed E-state index contributed by atoms with van der Waals surface area (Å²) in [6, 6.07) is 4.24. The average Bonchev–Trinajstić information content (AvgIpc) is 2.55. The molecule has 2 N–H and O–H groups in total. The number of benzene rings is 1. The van der Waals surface area contributed by atoms with E-state index in [9.17, 15) is 27.6 Å². The van der Waals surface area contributed by atoms with Crippen LogP contribution in [0.15, 0.2) is 35.3 Å². The van der Waals surface area contributed by atoms with E-state index in [1.165, 1.54) is 25.4 Å². The lowest BCUT2D eigenvalue weighted by molar-refractivity contribution is -0.116. The van der Waals surface area contributed by atoms with Crippen LogP contribution in [0, 0.1) is 17.5 Å². The van der Waals surface area contributed by atoms with Crippen molar-refractivity contribution in [2.45, 2.75) is 0 Å². The molecular formula is C15H12F3N3O3. The molecule has 2 rings (SSSR count). The number of halogens is 3. The monoisotopic (exact) mass is 339 g/mol. The summed E-state index contributed by atoms with van der Waals surface area (Å²) in [6.45, 7) is -0.522. The molecule has 2 aromatic rings. The molecule has 1 heterocycles. The molecule has 0 unspecified atom stereocenters. The number of anilines is 1. The smallest absolute Gasteiger partial charge is 0.260 e. The standard InChI is InChI=1S/C15H12F3N3O3/c1-21(15(24)8-3-2-6-19-14(8)23)7-11(22)20-10-5-4-9(16)12(17)13(10)18/h2-6H,7H2,1H3,(H,19,23)(H,20,22). The van der Waals surface area contributed by atoms with Gasteiger partial charge in [0.25, 0.3) is 11.5 Å². The minimum Gasteiger partial charge on any atom is -0.332 e. The normalized spacial score (nSPS) is 10.3. The Morgan fingerprint density at radius 2 is 1.88 bits per heavy atom. The maximum absolute atomic E-state index is 13.5. The molecule has 24 heavy (non-hydrogen) atoms. The maximum atomic E-state index is 13.5. The topological polar surface area (TPSA) is 82.3 Å². The minimum absolute atomic E-state index is 0.174. The zero-order valence-corrected chi connectivity index (χ0v) is 12.4. The van der Waals surface area contributed by atoms with Crippen molar-refractivity contribution in [3.63, 3.8) is 0 Å². The van der Waals surface area contributed by atoms with Gasteiger partial charge < -0.3 is 15.2 Å². The zero-order chi connectivity index (χ0) is 17.9. The van der Waals surface area contributed by atoms with E-state index in [2.05, 4.69) is 4.98 Å². The van der Waals surface area contributed by atoms with E-state index in [0.29, 0.717) is 6.07 Å². The molecule has 0 fully saturated rings. The Kier molecular flexibility index (Phi) is 5.02. The van der Waals surface area contributed by atoms with Crippen molar-refractivity contribution >= 4 is 17.5 Å². The number of rotatable bonds is 4. The van der Waals surface area contributed by atoms with Gasteiger partial charge in [0.1, 0.15) is 5.56 Å². The predicted octanol–water partition coefficient (Wildman–Crippen LogP) is 1.50. The van der Waals surface area contributed by atoms with Gasteiger partial charge in [-0.3, -0.25) is 14.4 Å². The first-order valence-corrected chi connectivity index (χ1v) is 6.67. The van der Waals surface area contributed by atoms with Crippen LogP contribution >= 0.6 is 0 Å². The SMILES string of the molecule is CN(CC(=O)Nc1ccc(F)c(F)c1F)C(=O)c1ccc[nH]c1=O. The van der Waals surface area contributed by atoms with Gasteiger partial charge in [-0.25, -0.2) is 13.2 Å². The van der Waals surface area contributed by atoms with Gasteiger partial charge in [-0.15, -0.1) is 0 Å². The molecular weight excluding hydrogens is 327 g/mol. The third-order valence-electron chi connectivity index (χ3n) is 3.09. The third-order valence-corrected chi connectivity index (χ3v) is 3.09. The fourth-order valence-electron chi connectivity index (χ4n) is 1.89. The van der Waals surface area contributed by atoms with Crippen LogP contribution in [0.4, 0.5) is 18.9 Å². The second-order valence-corrected chi connectivity index (χ2v) is 4.85. The highest BCUT2D eigenvalue weighted by atomic mass is 19.2. The number of hydrogen-bond acceptors (Lipinski definition) is 3. The second-order valence-electron chi connectivity index (χ2n) is 4.85. The lowest BCUT2D eigenvalue weighted by Crippen LogP contribution is -2.37. The Balaban J connectivity index is 2.07. The fourth-order valence-corrected chi connectivity index (χ4v) is 1.89. The third kappa shape index (κ3) is 3.62. The molecule has 126 valence electrons. The van der Waals surface area contributed by atoms with E-state index in [4.69, 9.17) is 0 Å². The number of carbonyl (C=O) groups is 2. The Hall–Kier alpha value is -3.10. The molecule has 6 nitrogen and oxygen atoms in total. The highest BCUT2D eigenvalue weighted by Gasteiger charge is 2.19. The molecule has 0 aliphatic rings. The first-order valence-electron chi connectivity index (χ1n) is 6.67.